The summed E-state index contributed by atoms with van der Waals surface area (Å²) >= 11 is 0. The Bertz CT molecular complexity index is 746. The van der Waals surface area contributed by atoms with Crippen molar-refractivity contribution < 1.29 is 19.1 Å². The lowest BCUT2D eigenvalue weighted by Gasteiger charge is -2.29. The Hall–Kier alpha value is -2.28. The lowest BCUT2D eigenvalue weighted by molar-refractivity contribution is -0.126. The van der Waals surface area contributed by atoms with E-state index in [0.717, 1.165) is 45.3 Å². The highest BCUT2D eigenvalue weighted by Gasteiger charge is 2.28. The molecule has 1 heterocycles. The first-order chi connectivity index (χ1) is 15.0. The summed E-state index contributed by atoms with van der Waals surface area (Å²) in [6.07, 6.45) is 6.11. The number of methoxy groups -OCH3 is 2. The first kappa shape index (κ1) is 23.4. The van der Waals surface area contributed by atoms with Crippen LogP contribution in [0.1, 0.15) is 55.8 Å². The van der Waals surface area contributed by atoms with E-state index in [1.54, 1.807) is 32.4 Å². The number of benzene rings is 1. The molecular weight excluding hydrogens is 394 g/mol. The molecule has 3 rings (SSSR count). The smallest absolute Gasteiger partial charge is 0.255 e. The largest absolute Gasteiger partial charge is 0.497 e. The number of carbonyl (C=O) groups is 2. The van der Waals surface area contributed by atoms with Crippen LogP contribution in [0, 0.1) is 11.8 Å². The molecule has 1 aromatic carbocycles. The number of likely N-dealkylation sites (tertiary alicyclic amines) is 1. The Kier molecular flexibility index (Phi) is 8.58. The fourth-order valence-corrected chi connectivity index (χ4v) is 4.85. The molecule has 7 nitrogen and oxygen atoms in total. The average Bonchev–Trinajstić information content (AvgIpc) is 3.28. The maximum Gasteiger partial charge on any atom is 0.255 e. The molecule has 0 aromatic heterocycles. The van der Waals surface area contributed by atoms with Crippen molar-refractivity contribution in [2.24, 2.45) is 11.8 Å². The van der Waals surface area contributed by atoms with Crippen molar-refractivity contribution in [3.05, 3.63) is 23.8 Å². The van der Waals surface area contributed by atoms with Gasteiger partial charge in [0.15, 0.2) is 0 Å². The van der Waals surface area contributed by atoms with Crippen molar-refractivity contribution in [2.75, 3.05) is 40.4 Å². The van der Waals surface area contributed by atoms with Crippen molar-refractivity contribution in [3.63, 3.8) is 0 Å². The highest BCUT2D eigenvalue weighted by molar-refractivity contribution is 5.97. The minimum atomic E-state index is -0.142. The van der Waals surface area contributed by atoms with E-state index in [0.29, 0.717) is 35.6 Å². The highest BCUT2D eigenvalue weighted by Crippen LogP contribution is 2.29. The summed E-state index contributed by atoms with van der Waals surface area (Å²) in [7, 11) is 3.13. The lowest BCUT2D eigenvalue weighted by atomic mass is 9.81. The molecule has 0 radical (unpaired) electrons. The third-order valence-electron chi connectivity index (χ3n) is 6.84. The molecule has 2 fully saturated rings. The van der Waals surface area contributed by atoms with Crippen molar-refractivity contribution in [3.8, 4) is 11.5 Å². The maximum absolute atomic E-state index is 12.6. The summed E-state index contributed by atoms with van der Waals surface area (Å²) in [6.45, 7) is 5.78. The molecule has 1 aromatic rings. The summed E-state index contributed by atoms with van der Waals surface area (Å²) in [5.74, 6) is 1.72. The molecule has 2 aliphatic rings. The van der Waals surface area contributed by atoms with Crippen molar-refractivity contribution >= 4 is 11.8 Å². The van der Waals surface area contributed by atoms with Crippen molar-refractivity contribution in [2.45, 2.75) is 51.5 Å². The quantitative estimate of drug-likeness (QED) is 0.629. The number of ether oxygens (including phenoxy) is 2. The molecule has 31 heavy (non-hydrogen) atoms. The molecule has 1 saturated heterocycles. The van der Waals surface area contributed by atoms with Gasteiger partial charge < -0.3 is 20.1 Å². The zero-order valence-electron chi connectivity index (χ0n) is 19.1. The first-order valence-corrected chi connectivity index (χ1v) is 11.6. The van der Waals surface area contributed by atoms with E-state index in [9.17, 15) is 9.59 Å². The maximum atomic E-state index is 12.6. The lowest BCUT2D eigenvalue weighted by Crippen LogP contribution is -2.43. The Morgan fingerprint density at radius 1 is 1.03 bits per heavy atom. The van der Waals surface area contributed by atoms with Gasteiger partial charge in [0.1, 0.15) is 11.5 Å². The van der Waals surface area contributed by atoms with Crippen molar-refractivity contribution in [1.29, 1.82) is 0 Å². The summed E-state index contributed by atoms with van der Waals surface area (Å²) in [5, 5.41) is 6.23. The second-order valence-corrected chi connectivity index (χ2v) is 8.66. The Morgan fingerprint density at radius 3 is 2.48 bits per heavy atom. The molecule has 1 aliphatic heterocycles. The van der Waals surface area contributed by atoms with E-state index in [2.05, 4.69) is 22.5 Å². The van der Waals surface area contributed by atoms with E-state index < -0.39 is 0 Å². The Balaban J connectivity index is 1.40. The number of hydrogen-bond donors (Lipinski definition) is 2. The Labute approximate surface area is 185 Å². The Morgan fingerprint density at radius 2 is 1.81 bits per heavy atom. The van der Waals surface area contributed by atoms with Gasteiger partial charge in [0.25, 0.3) is 5.91 Å². The summed E-state index contributed by atoms with van der Waals surface area (Å²) in [5.41, 5.74) is 0.504. The van der Waals surface area contributed by atoms with Gasteiger partial charge in [-0.2, -0.15) is 0 Å². The van der Waals surface area contributed by atoms with E-state index >= 15 is 0 Å². The van der Waals surface area contributed by atoms with Gasteiger partial charge in [-0.3, -0.25) is 14.5 Å². The van der Waals surface area contributed by atoms with Gasteiger partial charge in [-0.15, -0.1) is 0 Å². The zero-order valence-corrected chi connectivity index (χ0v) is 19.1. The average molecular weight is 432 g/mol. The standard InChI is InChI=1S/C24H37N3O4/c1-4-27-13-5-6-19(27)16-26-23(28)18-9-7-17(8-10-18)15-25-24(29)21-12-11-20(30-2)14-22(21)31-3/h11-12,14,17-19H,4-10,13,15-16H2,1-3H3,(H,25,29)(H,26,28). The predicted octanol–water partition coefficient (Wildman–Crippen LogP) is 2.84. The van der Waals surface area contributed by atoms with Crippen LogP contribution in [0.15, 0.2) is 18.2 Å². The molecule has 1 aliphatic carbocycles. The molecular formula is C24H37N3O4. The predicted molar refractivity (Wildman–Crippen MR) is 121 cm³/mol. The zero-order chi connectivity index (χ0) is 22.2. The SMILES string of the molecule is CCN1CCCC1CNC(=O)C1CCC(CNC(=O)c2ccc(OC)cc2OC)CC1. The monoisotopic (exact) mass is 431 g/mol. The third kappa shape index (κ3) is 6.12. The van der Waals surface area contributed by atoms with Gasteiger partial charge in [0, 0.05) is 31.1 Å². The van der Waals surface area contributed by atoms with E-state index in [1.165, 1.54) is 12.8 Å². The van der Waals surface area contributed by atoms with Gasteiger partial charge in [-0.1, -0.05) is 6.92 Å². The first-order valence-electron chi connectivity index (χ1n) is 11.6. The fourth-order valence-electron chi connectivity index (χ4n) is 4.85. The molecule has 2 N–H and O–H groups in total. The number of carbonyl (C=O) groups excluding carboxylic acids is 2. The number of likely N-dealkylation sites (N-methyl/N-ethyl adjacent to an activating group) is 1. The molecule has 0 bridgehead atoms. The second-order valence-electron chi connectivity index (χ2n) is 8.66. The van der Waals surface area contributed by atoms with E-state index in [1.807, 2.05) is 0 Å². The van der Waals surface area contributed by atoms with Gasteiger partial charge in [-0.25, -0.2) is 0 Å². The molecule has 1 saturated carbocycles. The third-order valence-corrected chi connectivity index (χ3v) is 6.84. The molecule has 1 atom stereocenters. The molecule has 0 spiro atoms. The normalized spacial score (nSPS) is 23.9. The van der Waals surface area contributed by atoms with Crippen LogP contribution in [0.5, 0.6) is 11.5 Å². The number of nitrogens with one attached hydrogen (secondary N) is 2. The molecule has 7 heteroatoms. The van der Waals surface area contributed by atoms with Crippen LogP contribution in [0.25, 0.3) is 0 Å². The number of amides is 2. The molecule has 2 amide bonds. The number of hydrogen-bond acceptors (Lipinski definition) is 5. The van der Waals surface area contributed by atoms with Crippen LogP contribution in [0.3, 0.4) is 0 Å². The summed E-state index contributed by atoms with van der Waals surface area (Å²) < 4.78 is 10.5. The molecule has 1 unspecified atom stereocenters. The summed E-state index contributed by atoms with van der Waals surface area (Å²) in [4.78, 5) is 27.7. The van der Waals surface area contributed by atoms with E-state index in [4.69, 9.17) is 9.47 Å². The van der Waals surface area contributed by atoms with E-state index in [-0.39, 0.29) is 17.7 Å². The molecule has 172 valence electrons. The van der Waals surface area contributed by atoms with Crippen LogP contribution in [-0.4, -0.2) is 63.2 Å². The topological polar surface area (TPSA) is 79.9 Å². The van der Waals surface area contributed by atoms with Gasteiger partial charge in [0.05, 0.1) is 19.8 Å². The fraction of sp³-hybridized carbons (Fsp3) is 0.667. The van der Waals surface area contributed by atoms with Crippen LogP contribution in [0.2, 0.25) is 0 Å². The van der Waals surface area contributed by atoms with Gasteiger partial charge in [0.2, 0.25) is 5.91 Å². The van der Waals surface area contributed by atoms with Crippen molar-refractivity contribution in [1.82, 2.24) is 15.5 Å². The second kappa shape index (κ2) is 11.4. The number of nitrogens with zero attached hydrogens (tertiary/aromatic N) is 1. The van der Waals surface area contributed by atoms with Gasteiger partial charge >= 0.3 is 0 Å². The minimum Gasteiger partial charge on any atom is -0.497 e. The minimum absolute atomic E-state index is 0.102. The van der Waals surface area contributed by atoms with Gasteiger partial charge in [-0.05, 0) is 69.7 Å². The van der Waals surface area contributed by atoms with Crippen LogP contribution < -0.4 is 20.1 Å². The van der Waals surface area contributed by atoms with Crippen LogP contribution in [-0.2, 0) is 4.79 Å². The van der Waals surface area contributed by atoms with Crippen LogP contribution >= 0.6 is 0 Å². The van der Waals surface area contributed by atoms with Crippen LogP contribution in [0.4, 0.5) is 0 Å². The highest BCUT2D eigenvalue weighted by atomic mass is 16.5. The summed E-state index contributed by atoms with van der Waals surface area (Å²) in [6, 6.07) is 5.69. The number of rotatable bonds is 9.